The second kappa shape index (κ2) is 8.98. The van der Waals surface area contributed by atoms with Crippen LogP contribution in [0.15, 0.2) is 24.3 Å². The zero-order valence-corrected chi connectivity index (χ0v) is 21.1. The van der Waals surface area contributed by atoms with Crippen molar-refractivity contribution in [2.24, 2.45) is 11.3 Å². The van der Waals surface area contributed by atoms with Crippen molar-refractivity contribution in [3.05, 3.63) is 52.8 Å². The third-order valence-electron chi connectivity index (χ3n) is 8.04. The van der Waals surface area contributed by atoms with E-state index in [0.29, 0.717) is 18.5 Å². The van der Waals surface area contributed by atoms with Crippen LogP contribution in [0, 0.1) is 28.8 Å². The van der Waals surface area contributed by atoms with Crippen LogP contribution in [0.3, 0.4) is 0 Å². The van der Waals surface area contributed by atoms with Gasteiger partial charge in [0.15, 0.2) is 17.4 Å². The van der Waals surface area contributed by atoms with Crippen LogP contribution in [0.1, 0.15) is 57.7 Å². The molecule has 3 aliphatic heterocycles. The van der Waals surface area contributed by atoms with E-state index in [1.807, 2.05) is 13.8 Å². The van der Waals surface area contributed by atoms with Gasteiger partial charge in [-0.05, 0) is 98.5 Å². The Morgan fingerprint density at radius 1 is 1.08 bits per heavy atom. The predicted molar refractivity (Wildman–Crippen MR) is 128 cm³/mol. The number of ether oxygens (including phenoxy) is 1. The summed E-state index contributed by atoms with van der Waals surface area (Å²) in [5.74, 6) is -2.68. The van der Waals surface area contributed by atoms with Gasteiger partial charge in [-0.25, -0.2) is 13.2 Å². The lowest BCUT2D eigenvalue weighted by molar-refractivity contribution is -0.276. The molecule has 2 aromatic carbocycles. The number of fused-ring (bicyclic) bond motifs is 4. The molecule has 1 amide bonds. The van der Waals surface area contributed by atoms with Gasteiger partial charge in [0, 0.05) is 18.2 Å². The van der Waals surface area contributed by atoms with Crippen LogP contribution in [-0.4, -0.2) is 47.7 Å². The maximum atomic E-state index is 15.5. The van der Waals surface area contributed by atoms with E-state index in [0.717, 1.165) is 43.6 Å². The lowest BCUT2D eigenvalue weighted by Gasteiger charge is -2.53. The number of amides is 1. The van der Waals surface area contributed by atoms with Crippen LogP contribution in [0.5, 0.6) is 5.75 Å². The predicted octanol–water partition coefficient (Wildman–Crippen LogP) is 4.92. The number of carbonyl (C=O) groups excluding carboxylic acids is 1. The van der Waals surface area contributed by atoms with Gasteiger partial charge in [0.1, 0.15) is 11.9 Å². The summed E-state index contributed by atoms with van der Waals surface area (Å²) in [5, 5.41) is 12.5. The third kappa shape index (κ3) is 4.23. The molecule has 0 spiro atoms. The Bertz CT molecular complexity index is 1170. The fourth-order valence-corrected chi connectivity index (χ4v) is 6.54. The van der Waals surface area contributed by atoms with E-state index in [1.165, 1.54) is 11.0 Å². The van der Waals surface area contributed by atoms with Crippen molar-refractivity contribution in [1.82, 2.24) is 9.80 Å². The number of hydrogen-bond acceptors (Lipinski definition) is 4. The van der Waals surface area contributed by atoms with Gasteiger partial charge in [-0.1, -0.05) is 13.8 Å². The van der Waals surface area contributed by atoms with E-state index >= 15 is 4.39 Å². The van der Waals surface area contributed by atoms with Crippen molar-refractivity contribution in [1.29, 1.82) is 0 Å². The highest BCUT2D eigenvalue weighted by Gasteiger charge is 2.48. The lowest BCUT2D eigenvalue weighted by atomic mass is 9.79. The van der Waals surface area contributed by atoms with Crippen LogP contribution < -0.4 is 9.84 Å². The van der Waals surface area contributed by atoms with Crippen LogP contribution in [0.2, 0.25) is 0 Å². The Labute approximate surface area is 209 Å². The van der Waals surface area contributed by atoms with E-state index < -0.39 is 46.9 Å². The fourth-order valence-electron chi connectivity index (χ4n) is 6.54. The zero-order chi connectivity index (χ0) is 25.9. The lowest BCUT2D eigenvalue weighted by Crippen LogP contribution is -2.62. The number of halogens is 3. The molecule has 2 bridgehead atoms. The van der Waals surface area contributed by atoms with Crippen molar-refractivity contribution in [2.75, 3.05) is 19.6 Å². The number of carbonyl (C=O) groups is 1. The summed E-state index contributed by atoms with van der Waals surface area (Å²) in [6, 6.07) is 4.32. The van der Waals surface area contributed by atoms with Crippen molar-refractivity contribution < 1.29 is 27.8 Å². The first-order valence-corrected chi connectivity index (χ1v) is 12.7. The first kappa shape index (κ1) is 24.9. The molecule has 194 valence electrons. The topological polar surface area (TPSA) is 55.8 Å². The molecular formula is C28H32F3N2O3-. The average Bonchev–Trinajstić information content (AvgIpc) is 3.05. The molecule has 6 rings (SSSR count). The van der Waals surface area contributed by atoms with Gasteiger partial charge in [-0.3, -0.25) is 0 Å². The molecular weight excluding hydrogens is 469 g/mol. The summed E-state index contributed by atoms with van der Waals surface area (Å²) in [6.07, 6.45) is 0.725. The Morgan fingerprint density at radius 3 is 2.25 bits per heavy atom. The highest BCUT2D eigenvalue weighted by Crippen LogP contribution is 2.52. The second-order valence-electron chi connectivity index (χ2n) is 11.4. The van der Waals surface area contributed by atoms with Crippen LogP contribution in [0.4, 0.5) is 18.0 Å². The number of nitrogens with zero attached hydrogens (tertiary/aromatic N) is 2. The molecule has 3 fully saturated rings. The SMILES string of the molecule is CC(C)Oc1c(F)cc(-c2cc3c(cc2F)[C@H](N(C(=O)[O-])[C@@H]2CN4CCC2CC4)C(C)(C)C3)cc1F. The average molecular weight is 502 g/mol. The largest absolute Gasteiger partial charge is 0.530 e. The summed E-state index contributed by atoms with van der Waals surface area (Å²) >= 11 is 0. The number of rotatable bonds is 5. The minimum atomic E-state index is -1.24. The third-order valence-corrected chi connectivity index (χ3v) is 8.04. The minimum Gasteiger partial charge on any atom is -0.530 e. The first-order chi connectivity index (χ1) is 17.0. The monoisotopic (exact) mass is 501 g/mol. The summed E-state index contributed by atoms with van der Waals surface area (Å²) in [5.41, 5.74) is 1.00. The number of piperidine rings is 3. The van der Waals surface area contributed by atoms with Crippen molar-refractivity contribution in [3.8, 4) is 16.9 Å². The maximum absolute atomic E-state index is 15.5. The smallest absolute Gasteiger partial charge is 0.191 e. The summed E-state index contributed by atoms with van der Waals surface area (Å²) in [6.45, 7) is 9.88. The number of carboxylic acid groups (broad SMARTS) is 1. The van der Waals surface area contributed by atoms with Gasteiger partial charge in [-0.2, -0.15) is 0 Å². The van der Waals surface area contributed by atoms with Crippen LogP contribution in [0.25, 0.3) is 11.1 Å². The van der Waals surface area contributed by atoms with E-state index in [4.69, 9.17) is 4.74 Å². The molecule has 0 unspecified atom stereocenters. The molecule has 8 heteroatoms. The fraction of sp³-hybridized carbons (Fsp3) is 0.536. The van der Waals surface area contributed by atoms with Crippen LogP contribution in [-0.2, 0) is 6.42 Å². The quantitative estimate of drug-likeness (QED) is 0.584. The Morgan fingerprint density at radius 2 is 1.72 bits per heavy atom. The van der Waals surface area contributed by atoms with Crippen molar-refractivity contribution in [2.45, 2.75) is 65.1 Å². The van der Waals surface area contributed by atoms with Gasteiger partial charge >= 0.3 is 0 Å². The minimum absolute atomic E-state index is 0.0665. The molecule has 0 aromatic heterocycles. The molecule has 3 heterocycles. The number of benzene rings is 2. The summed E-state index contributed by atoms with van der Waals surface area (Å²) < 4.78 is 50.0. The molecule has 36 heavy (non-hydrogen) atoms. The normalized spacial score (nSPS) is 26.2. The van der Waals surface area contributed by atoms with Gasteiger partial charge in [-0.15, -0.1) is 0 Å². The Hall–Kier alpha value is -2.74. The summed E-state index contributed by atoms with van der Waals surface area (Å²) in [4.78, 5) is 16.3. The molecule has 0 saturated carbocycles. The maximum Gasteiger partial charge on any atom is 0.191 e. The summed E-state index contributed by atoms with van der Waals surface area (Å²) in [7, 11) is 0. The molecule has 3 saturated heterocycles. The standard InChI is InChI=1S/C28H33F3N2O3/c1-15(2)36-25-22(30)10-17(11-23(25)31)19-9-18-13-28(3,4)26(20(18)12-21(19)29)33(27(34)35)24-14-32-7-5-16(24)6-8-32/h9-12,15-16,24,26H,5-8,13-14H2,1-4H3,(H,34,35)/p-1/t24-,26+/m1/s1. The van der Waals surface area contributed by atoms with Gasteiger partial charge in [0.05, 0.1) is 12.1 Å². The Kier molecular flexibility index (Phi) is 6.22. The van der Waals surface area contributed by atoms with E-state index in [2.05, 4.69) is 4.90 Å². The van der Waals surface area contributed by atoms with Crippen molar-refractivity contribution >= 4 is 6.09 Å². The highest BCUT2D eigenvalue weighted by atomic mass is 19.1. The molecule has 2 aromatic rings. The highest BCUT2D eigenvalue weighted by molar-refractivity contribution is 5.69. The van der Waals surface area contributed by atoms with E-state index in [9.17, 15) is 18.7 Å². The molecule has 1 aliphatic carbocycles. The van der Waals surface area contributed by atoms with Gasteiger partial charge < -0.3 is 24.4 Å². The second-order valence-corrected chi connectivity index (χ2v) is 11.4. The van der Waals surface area contributed by atoms with E-state index in [-0.39, 0.29) is 23.1 Å². The molecule has 5 nitrogen and oxygen atoms in total. The molecule has 0 radical (unpaired) electrons. The van der Waals surface area contributed by atoms with Crippen LogP contribution >= 0.6 is 0 Å². The number of hydrogen-bond donors (Lipinski definition) is 0. The van der Waals surface area contributed by atoms with Gasteiger partial charge in [0.2, 0.25) is 0 Å². The zero-order valence-electron chi connectivity index (χ0n) is 21.1. The molecule has 0 N–H and O–H groups in total. The molecule has 2 atom stereocenters. The van der Waals surface area contributed by atoms with E-state index in [1.54, 1.807) is 19.9 Å². The van der Waals surface area contributed by atoms with Gasteiger partial charge in [0.25, 0.3) is 0 Å². The Balaban J connectivity index is 1.54. The molecule has 4 aliphatic rings. The first-order valence-electron chi connectivity index (χ1n) is 12.7. The van der Waals surface area contributed by atoms with Crippen molar-refractivity contribution in [3.63, 3.8) is 0 Å².